The predicted octanol–water partition coefficient (Wildman–Crippen LogP) is 6.06. The number of benzene rings is 2. The number of carbonyl (C=O) groups excluding carboxylic acids is 1. The van der Waals surface area contributed by atoms with E-state index in [4.69, 9.17) is 9.47 Å². The highest BCUT2D eigenvalue weighted by molar-refractivity contribution is 5.85. The summed E-state index contributed by atoms with van der Waals surface area (Å²) in [6, 6.07) is 19.1. The van der Waals surface area contributed by atoms with Crippen molar-refractivity contribution in [3.05, 3.63) is 77.0 Å². The molecule has 3 aromatic rings. The molecule has 2 bridgehead atoms. The van der Waals surface area contributed by atoms with Crippen molar-refractivity contribution in [1.29, 1.82) is 0 Å². The van der Waals surface area contributed by atoms with E-state index in [2.05, 4.69) is 88.1 Å². The minimum Gasteiger partial charge on any atom is -0.469 e. The Morgan fingerprint density at radius 3 is 2.81 bits per heavy atom. The summed E-state index contributed by atoms with van der Waals surface area (Å²) in [5.74, 6) is 1.35. The molecule has 7 nitrogen and oxygen atoms in total. The molecule has 2 aromatic carbocycles. The highest BCUT2D eigenvalue weighted by atomic mass is 16.5. The number of aromatic amines is 1. The molecule has 1 spiro atoms. The maximum absolute atomic E-state index is 14.3. The Bertz CT molecular complexity index is 1780. The summed E-state index contributed by atoms with van der Waals surface area (Å²) in [6.07, 6.45) is 7.58. The number of methoxy groups -OCH3 is 1. The molecule has 10 atom stereocenters. The number of para-hydroxylation sites is 2. The van der Waals surface area contributed by atoms with E-state index in [1.54, 1.807) is 7.11 Å². The first-order valence-corrected chi connectivity index (χ1v) is 18.4. The van der Waals surface area contributed by atoms with E-state index in [9.17, 15) is 4.79 Å². The van der Waals surface area contributed by atoms with Crippen molar-refractivity contribution < 1.29 is 14.3 Å². The molecule has 7 aliphatic rings. The van der Waals surface area contributed by atoms with Crippen LogP contribution in [0, 0.1) is 29.6 Å². The minimum atomic E-state index is -0.409. The van der Waals surface area contributed by atoms with Crippen LogP contribution in [0.3, 0.4) is 0 Å². The number of esters is 1. The molecule has 0 amide bonds. The summed E-state index contributed by atoms with van der Waals surface area (Å²) in [5.41, 5.74) is 8.28. The fourth-order valence-corrected chi connectivity index (χ4v) is 12.5. The lowest BCUT2D eigenvalue weighted by Crippen LogP contribution is -2.71. The zero-order chi connectivity index (χ0) is 31.6. The lowest BCUT2D eigenvalue weighted by molar-refractivity contribution is -0.165. The van der Waals surface area contributed by atoms with Crippen LogP contribution in [0.4, 0.5) is 5.69 Å². The highest BCUT2D eigenvalue weighted by Crippen LogP contribution is 2.65. The van der Waals surface area contributed by atoms with Crippen molar-refractivity contribution in [3.63, 3.8) is 0 Å². The van der Waals surface area contributed by atoms with Crippen LogP contribution in [0.15, 0.2) is 60.2 Å². The van der Waals surface area contributed by atoms with Crippen molar-refractivity contribution in [2.45, 2.75) is 75.7 Å². The van der Waals surface area contributed by atoms with Gasteiger partial charge in [-0.3, -0.25) is 14.6 Å². The topological polar surface area (TPSA) is 61.0 Å². The van der Waals surface area contributed by atoms with Crippen LogP contribution in [-0.4, -0.2) is 79.0 Å². The molecule has 1 N–H and O–H groups in total. The lowest BCUT2D eigenvalue weighted by atomic mass is 9.54. The van der Waals surface area contributed by atoms with Crippen molar-refractivity contribution in [1.82, 2.24) is 14.8 Å². The van der Waals surface area contributed by atoms with Gasteiger partial charge in [0.25, 0.3) is 0 Å². The molecule has 10 rings (SSSR count). The summed E-state index contributed by atoms with van der Waals surface area (Å²) in [6.45, 7) is 9.62. The van der Waals surface area contributed by atoms with Crippen molar-refractivity contribution >= 4 is 22.6 Å². The molecule has 1 aliphatic carbocycles. The van der Waals surface area contributed by atoms with E-state index < -0.39 is 5.92 Å². The first-order chi connectivity index (χ1) is 23.1. The molecular weight excluding hydrogens is 584 g/mol. The Balaban J connectivity index is 1.09. The molecule has 1 saturated carbocycles. The molecule has 7 heteroatoms. The van der Waals surface area contributed by atoms with Crippen molar-refractivity contribution in [3.8, 4) is 0 Å². The standard InChI is InChI=1S/C40H48N4O3/c1-4-23-21-43-17-15-40-30-11-7-9-13-32(30)44-37(40)29(27(23)19-34(40)43)22-47-38(44)35(39(45)46-3)28-18-33-36-26(14-16-42(33)20-24(28)5-2)25-10-6-8-12-31(25)41-36/h5-13,23,27-29,33-35,37-38,41H,4,14-22H2,1-3H3/b24-5+/t23-,27+,28+,29+,33+,34+,35-,37+,38+,40-/m1/s1. The van der Waals surface area contributed by atoms with E-state index in [1.165, 1.54) is 71.3 Å². The fraction of sp³-hybridized carbons (Fsp3) is 0.575. The van der Waals surface area contributed by atoms with Gasteiger partial charge >= 0.3 is 5.97 Å². The third-order valence-corrected chi connectivity index (χ3v) is 14.3. The zero-order valence-electron chi connectivity index (χ0n) is 28.0. The first-order valence-electron chi connectivity index (χ1n) is 18.4. The normalized spacial score (nSPS) is 38.5. The Morgan fingerprint density at radius 2 is 1.96 bits per heavy atom. The molecule has 0 unspecified atom stereocenters. The average molecular weight is 633 g/mol. The van der Waals surface area contributed by atoms with Gasteiger partial charge in [-0.2, -0.15) is 0 Å². The molecule has 4 saturated heterocycles. The molecule has 0 radical (unpaired) electrons. The van der Waals surface area contributed by atoms with Crippen LogP contribution >= 0.6 is 0 Å². The summed E-state index contributed by atoms with van der Waals surface area (Å²) in [4.78, 5) is 26.3. The number of nitrogens with zero attached hydrogens (tertiary/aromatic N) is 3. The number of allylic oxidation sites excluding steroid dienone is 1. The van der Waals surface area contributed by atoms with Gasteiger partial charge in [-0.15, -0.1) is 0 Å². The van der Waals surface area contributed by atoms with E-state index in [0.717, 1.165) is 32.5 Å². The Kier molecular flexibility index (Phi) is 6.40. The molecule has 6 aliphatic heterocycles. The van der Waals surface area contributed by atoms with E-state index in [0.29, 0.717) is 29.8 Å². The van der Waals surface area contributed by atoms with Crippen molar-refractivity contribution in [2.24, 2.45) is 29.6 Å². The van der Waals surface area contributed by atoms with Gasteiger partial charge in [-0.1, -0.05) is 61.4 Å². The molecule has 47 heavy (non-hydrogen) atoms. The maximum Gasteiger partial charge on any atom is 0.313 e. The number of hydrogen-bond donors (Lipinski definition) is 1. The number of ether oxygens (including phenoxy) is 2. The SMILES string of the molecule is C/C=C1\CN2CCc3c([nH]c4ccccc34)[C@@H]2C[C@@H]1[C@@H](C(=O)OC)[C@@H]1OC[C@H]2[C@H]3C[C@@H]4N(CC[C@@]45c4ccccc4N1[C@@H]25)C[C@H]3CC. The van der Waals surface area contributed by atoms with E-state index in [1.807, 2.05) is 0 Å². The number of H-pyrrole nitrogens is 1. The number of nitrogens with one attached hydrogen (secondary N) is 1. The summed E-state index contributed by atoms with van der Waals surface area (Å²) in [7, 11) is 1.58. The van der Waals surface area contributed by atoms with E-state index >= 15 is 0 Å². The number of carbonyl (C=O) groups is 1. The van der Waals surface area contributed by atoms with Gasteiger partial charge in [0.2, 0.25) is 0 Å². The van der Waals surface area contributed by atoms with Gasteiger partial charge in [0.05, 0.1) is 19.8 Å². The quantitative estimate of drug-likeness (QED) is 0.279. The summed E-state index contributed by atoms with van der Waals surface area (Å²) >= 11 is 0. The monoisotopic (exact) mass is 632 g/mol. The Morgan fingerprint density at radius 1 is 1.11 bits per heavy atom. The fourth-order valence-electron chi connectivity index (χ4n) is 12.5. The number of piperidine rings is 2. The Hall–Kier alpha value is -3.13. The molecule has 1 aromatic heterocycles. The number of rotatable bonds is 4. The largest absolute Gasteiger partial charge is 0.469 e. The maximum atomic E-state index is 14.3. The second-order valence-corrected chi connectivity index (χ2v) is 15.7. The highest BCUT2D eigenvalue weighted by Gasteiger charge is 2.70. The summed E-state index contributed by atoms with van der Waals surface area (Å²) in [5, 5.41) is 1.35. The van der Waals surface area contributed by atoms with Gasteiger partial charge in [0.1, 0.15) is 12.1 Å². The third kappa shape index (κ3) is 3.71. The third-order valence-electron chi connectivity index (χ3n) is 14.3. The predicted molar refractivity (Wildman–Crippen MR) is 183 cm³/mol. The summed E-state index contributed by atoms with van der Waals surface area (Å²) < 4.78 is 12.9. The lowest BCUT2D eigenvalue weighted by Gasteiger charge is -2.61. The number of anilines is 1. The second kappa shape index (κ2) is 10.4. The van der Waals surface area contributed by atoms with Crippen LogP contribution < -0.4 is 4.90 Å². The second-order valence-electron chi connectivity index (χ2n) is 15.7. The minimum absolute atomic E-state index is 0.0304. The zero-order valence-corrected chi connectivity index (χ0v) is 28.0. The van der Waals surface area contributed by atoms with Crippen LogP contribution in [0.1, 0.15) is 62.4 Å². The number of fused-ring (bicyclic) bond motifs is 9. The molecule has 246 valence electrons. The van der Waals surface area contributed by atoms with Crippen molar-refractivity contribution in [2.75, 3.05) is 44.8 Å². The number of aromatic nitrogens is 1. The first kappa shape index (κ1) is 28.8. The van der Waals surface area contributed by atoms with Gasteiger partial charge in [-0.05, 0) is 74.2 Å². The smallest absolute Gasteiger partial charge is 0.313 e. The van der Waals surface area contributed by atoms with E-state index in [-0.39, 0.29) is 29.6 Å². The van der Waals surface area contributed by atoms with Crippen LogP contribution in [0.5, 0.6) is 0 Å². The molecule has 7 heterocycles. The molecular formula is C40H48N4O3. The van der Waals surface area contributed by atoms with Gasteiger partial charge < -0.3 is 19.4 Å². The van der Waals surface area contributed by atoms with Crippen LogP contribution in [0.25, 0.3) is 10.9 Å². The van der Waals surface area contributed by atoms with Gasteiger partial charge in [-0.25, -0.2) is 0 Å². The molecule has 5 fully saturated rings. The van der Waals surface area contributed by atoms with Crippen LogP contribution in [-0.2, 0) is 26.1 Å². The number of hydrogen-bond acceptors (Lipinski definition) is 6. The van der Waals surface area contributed by atoms with Crippen LogP contribution in [0.2, 0.25) is 0 Å². The Labute approximate surface area is 278 Å². The van der Waals surface area contributed by atoms with Gasteiger partial charge in [0, 0.05) is 71.3 Å². The van der Waals surface area contributed by atoms with Gasteiger partial charge in [0.15, 0.2) is 0 Å². The average Bonchev–Trinajstić information content (AvgIpc) is 3.80.